The van der Waals surface area contributed by atoms with Gasteiger partial charge >= 0.3 is 5.97 Å². The highest BCUT2D eigenvalue weighted by atomic mass is 16.4. The maximum atomic E-state index is 11.1. The number of carbonyl (C=O) groups is 2. The molecule has 0 unspecified atom stereocenters. The van der Waals surface area contributed by atoms with Gasteiger partial charge in [0.05, 0.1) is 0 Å². The van der Waals surface area contributed by atoms with Crippen LogP contribution < -0.4 is 0 Å². The second-order valence-electron chi connectivity index (χ2n) is 3.57. The van der Waals surface area contributed by atoms with Gasteiger partial charge in [0.15, 0.2) is 0 Å². The lowest BCUT2D eigenvalue weighted by Gasteiger charge is -2.17. The van der Waals surface area contributed by atoms with Gasteiger partial charge in [-0.3, -0.25) is 9.59 Å². The number of rotatable bonds is 5. The fourth-order valence-electron chi connectivity index (χ4n) is 0.841. The second-order valence-corrected chi connectivity index (χ2v) is 3.57. The third-order valence-corrected chi connectivity index (χ3v) is 1.77. The van der Waals surface area contributed by atoms with Crippen LogP contribution in [0.25, 0.3) is 0 Å². The molecule has 1 amide bonds. The molecule has 1 N–H and O–H groups in total. The first kappa shape index (κ1) is 11.9. The van der Waals surface area contributed by atoms with Crippen LogP contribution in [0.4, 0.5) is 0 Å². The predicted octanol–water partition coefficient (Wildman–Crippen LogP) is 0.966. The number of amides is 1. The van der Waals surface area contributed by atoms with Crippen LogP contribution in [-0.2, 0) is 9.59 Å². The summed E-state index contributed by atoms with van der Waals surface area (Å²) in [5.41, 5.74) is 0. The van der Waals surface area contributed by atoms with Crippen LogP contribution in [0.3, 0.4) is 0 Å². The van der Waals surface area contributed by atoms with E-state index in [1.165, 1.54) is 4.90 Å². The Hall–Kier alpha value is -1.06. The average molecular weight is 187 g/mol. The van der Waals surface area contributed by atoms with Crippen molar-refractivity contribution in [3.05, 3.63) is 0 Å². The summed E-state index contributed by atoms with van der Waals surface area (Å²) >= 11 is 0. The third kappa shape index (κ3) is 6.13. The molecule has 0 atom stereocenters. The van der Waals surface area contributed by atoms with Crippen LogP contribution in [-0.4, -0.2) is 35.5 Å². The third-order valence-electron chi connectivity index (χ3n) is 1.77. The van der Waals surface area contributed by atoms with Gasteiger partial charge in [-0.15, -0.1) is 0 Å². The second kappa shape index (κ2) is 5.56. The molecule has 4 heteroatoms. The van der Waals surface area contributed by atoms with E-state index in [0.29, 0.717) is 12.5 Å². The highest BCUT2D eigenvalue weighted by Crippen LogP contribution is 2.01. The molecule has 0 fully saturated rings. The minimum atomic E-state index is -1.07. The van der Waals surface area contributed by atoms with Crippen molar-refractivity contribution in [3.8, 4) is 0 Å². The Labute approximate surface area is 78.5 Å². The summed E-state index contributed by atoms with van der Waals surface area (Å²) in [6, 6.07) is 0. The van der Waals surface area contributed by atoms with Crippen molar-refractivity contribution in [2.45, 2.75) is 26.7 Å². The zero-order chi connectivity index (χ0) is 10.4. The summed E-state index contributed by atoms with van der Waals surface area (Å²) < 4.78 is 0. The molecular weight excluding hydrogens is 170 g/mol. The molecule has 76 valence electrons. The Kier molecular flexibility index (Phi) is 5.11. The SMILES string of the molecule is CC(C)CCN(C)C(=O)CC(=O)O. The normalized spacial score (nSPS) is 10.2. The average Bonchev–Trinajstić information content (AvgIpc) is 1.98. The Morgan fingerprint density at radius 1 is 1.38 bits per heavy atom. The van der Waals surface area contributed by atoms with E-state index in [9.17, 15) is 9.59 Å². The van der Waals surface area contributed by atoms with E-state index in [1.54, 1.807) is 7.05 Å². The highest BCUT2D eigenvalue weighted by molar-refractivity contribution is 5.93. The lowest BCUT2D eigenvalue weighted by atomic mass is 10.1. The van der Waals surface area contributed by atoms with Gasteiger partial charge in [0.25, 0.3) is 0 Å². The molecule has 0 heterocycles. The molecule has 0 aromatic carbocycles. The van der Waals surface area contributed by atoms with E-state index in [4.69, 9.17) is 5.11 Å². The van der Waals surface area contributed by atoms with Crippen molar-refractivity contribution in [2.75, 3.05) is 13.6 Å². The van der Waals surface area contributed by atoms with Crippen molar-refractivity contribution >= 4 is 11.9 Å². The molecule has 0 aliphatic heterocycles. The fourth-order valence-corrected chi connectivity index (χ4v) is 0.841. The molecule has 0 aromatic rings. The predicted molar refractivity (Wildman–Crippen MR) is 49.3 cm³/mol. The van der Waals surface area contributed by atoms with Gasteiger partial charge in [-0.2, -0.15) is 0 Å². The first-order chi connectivity index (χ1) is 5.93. The van der Waals surface area contributed by atoms with Gasteiger partial charge in [-0.25, -0.2) is 0 Å². The molecule has 0 saturated carbocycles. The zero-order valence-corrected chi connectivity index (χ0v) is 8.41. The standard InChI is InChI=1S/C9H17NO3/c1-7(2)4-5-10(3)8(11)6-9(12)13/h7H,4-6H2,1-3H3,(H,12,13). The molecule has 0 bridgehead atoms. The van der Waals surface area contributed by atoms with Crippen LogP contribution in [0.1, 0.15) is 26.7 Å². The van der Waals surface area contributed by atoms with Crippen LogP contribution in [0.5, 0.6) is 0 Å². The zero-order valence-electron chi connectivity index (χ0n) is 8.41. The van der Waals surface area contributed by atoms with Gasteiger partial charge < -0.3 is 10.0 Å². The van der Waals surface area contributed by atoms with Crippen LogP contribution in [0, 0.1) is 5.92 Å². The largest absolute Gasteiger partial charge is 0.481 e. The van der Waals surface area contributed by atoms with E-state index >= 15 is 0 Å². The number of hydrogen-bond acceptors (Lipinski definition) is 2. The van der Waals surface area contributed by atoms with Gasteiger partial charge in [0.1, 0.15) is 6.42 Å². The molecule has 0 rings (SSSR count). The maximum Gasteiger partial charge on any atom is 0.312 e. The summed E-state index contributed by atoms with van der Waals surface area (Å²) in [6.45, 7) is 4.76. The Balaban J connectivity index is 3.76. The first-order valence-electron chi connectivity index (χ1n) is 4.39. The van der Waals surface area contributed by atoms with Crippen molar-refractivity contribution < 1.29 is 14.7 Å². The van der Waals surface area contributed by atoms with Gasteiger partial charge in [-0.05, 0) is 12.3 Å². The highest BCUT2D eigenvalue weighted by Gasteiger charge is 2.12. The molecule has 0 aliphatic rings. The van der Waals surface area contributed by atoms with Crippen molar-refractivity contribution in [2.24, 2.45) is 5.92 Å². The van der Waals surface area contributed by atoms with Gasteiger partial charge in [-0.1, -0.05) is 13.8 Å². The summed E-state index contributed by atoms with van der Waals surface area (Å²) in [5.74, 6) is -0.866. The van der Waals surface area contributed by atoms with Crippen LogP contribution in [0.15, 0.2) is 0 Å². The van der Waals surface area contributed by atoms with Gasteiger partial charge in [0, 0.05) is 13.6 Å². The fraction of sp³-hybridized carbons (Fsp3) is 0.778. The summed E-state index contributed by atoms with van der Waals surface area (Å²) in [7, 11) is 1.63. The van der Waals surface area contributed by atoms with E-state index in [2.05, 4.69) is 13.8 Å². The molecule has 0 aromatic heterocycles. The number of carbonyl (C=O) groups excluding carboxylic acids is 1. The Morgan fingerprint density at radius 3 is 2.31 bits per heavy atom. The topological polar surface area (TPSA) is 57.6 Å². The lowest BCUT2D eigenvalue weighted by molar-refractivity contribution is -0.143. The van der Waals surface area contributed by atoms with E-state index in [0.717, 1.165) is 6.42 Å². The van der Waals surface area contributed by atoms with Crippen molar-refractivity contribution in [3.63, 3.8) is 0 Å². The molecule has 0 saturated heterocycles. The van der Waals surface area contributed by atoms with E-state index in [1.807, 2.05) is 0 Å². The van der Waals surface area contributed by atoms with Crippen molar-refractivity contribution in [1.29, 1.82) is 0 Å². The van der Waals surface area contributed by atoms with Crippen molar-refractivity contribution in [1.82, 2.24) is 4.90 Å². The number of carboxylic acids is 1. The number of aliphatic carboxylic acids is 1. The molecule has 0 spiro atoms. The molecule has 13 heavy (non-hydrogen) atoms. The Bertz CT molecular complexity index is 189. The monoisotopic (exact) mass is 187 g/mol. The number of hydrogen-bond donors (Lipinski definition) is 1. The smallest absolute Gasteiger partial charge is 0.312 e. The Morgan fingerprint density at radius 2 is 1.92 bits per heavy atom. The maximum absolute atomic E-state index is 11.1. The van der Waals surface area contributed by atoms with Gasteiger partial charge in [0.2, 0.25) is 5.91 Å². The minimum Gasteiger partial charge on any atom is -0.481 e. The minimum absolute atomic E-state index is 0.326. The summed E-state index contributed by atoms with van der Waals surface area (Å²) in [5, 5.41) is 8.36. The lowest BCUT2D eigenvalue weighted by Crippen LogP contribution is -2.30. The number of carboxylic acid groups (broad SMARTS) is 1. The van der Waals surface area contributed by atoms with Crippen LogP contribution >= 0.6 is 0 Å². The first-order valence-corrected chi connectivity index (χ1v) is 4.39. The summed E-state index contributed by atoms with van der Waals surface area (Å²) in [4.78, 5) is 22.8. The summed E-state index contributed by atoms with van der Waals surface area (Å²) in [6.07, 6.45) is 0.496. The van der Waals surface area contributed by atoms with Crippen LogP contribution in [0.2, 0.25) is 0 Å². The number of nitrogens with zero attached hydrogens (tertiary/aromatic N) is 1. The molecule has 4 nitrogen and oxygen atoms in total. The quantitative estimate of drug-likeness (QED) is 0.652. The van der Waals surface area contributed by atoms with E-state index < -0.39 is 12.4 Å². The molecular formula is C9H17NO3. The molecule has 0 aliphatic carbocycles. The molecule has 0 radical (unpaired) electrons. The van der Waals surface area contributed by atoms with E-state index in [-0.39, 0.29) is 5.91 Å².